The Hall–Kier alpha value is -4.04. The van der Waals surface area contributed by atoms with Crippen molar-refractivity contribution in [3.63, 3.8) is 0 Å². The highest BCUT2D eigenvalue weighted by Gasteiger charge is 2.37. The van der Waals surface area contributed by atoms with Crippen LogP contribution in [0.3, 0.4) is 0 Å². The fraction of sp³-hybridized carbons (Fsp3) is 0.650. The lowest BCUT2D eigenvalue weighted by Gasteiger charge is -2.39. The molecule has 3 rings (SSSR count). The lowest BCUT2D eigenvalue weighted by atomic mass is 9.93. The van der Waals surface area contributed by atoms with Crippen LogP contribution in [0.2, 0.25) is 0 Å². The predicted octanol–water partition coefficient (Wildman–Crippen LogP) is 4.80. The molecule has 54 heavy (non-hydrogen) atoms. The molecule has 2 heterocycles. The molecule has 1 aliphatic heterocycles. The standard InChI is InChI=1S/C40H62N6O7S/c1-8-12-35(48)53-24-46(40(52)36(26(5)9-2)44-39(51)33-13-10-11-20-45(33)7)32(25(3)4)18-19-34-43-31(23-54-34)38(50)42-29(21-27(6)37(41)49)22-28-14-16-30(47)17-15-28/h14-17,23,25-27,29,32-33,36,47H,8-13,18-22,24H2,1-7H3,(H2,41,49)(H,42,50)(H,44,51)/t26?,27-,29+,32?,33+,36-/m0/s1. The van der Waals surface area contributed by atoms with Gasteiger partial charge in [-0.25, -0.2) is 4.98 Å². The minimum atomic E-state index is -0.800. The van der Waals surface area contributed by atoms with E-state index in [1.54, 1.807) is 41.5 Å². The van der Waals surface area contributed by atoms with Gasteiger partial charge >= 0.3 is 5.97 Å². The normalized spacial score (nSPS) is 17.5. The largest absolute Gasteiger partial charge is 0.508 e. The van der Waals surface area contributed by atoms with E-state index in [9.17, 15) is 29.1 Å². The number of carbonyl (C=O) groups excluding carboxylic acids is 5. The number of aromatic nitrogens is 1. The number of hydrogen-bond donors (Lipinski definition) is 4. The van der Waals surface area contributed by atoms with E-state index in [1.165, 1.54) is 11.3 Å². The van der Waals surface area contributed by atoms with Crippen molar-refractivity contribution in [2.45, 2.75) is 130 Å². The number of thiazole rings is 1. The molecule has 1 fully saturated rings. The number of aryl methyl sites for hydroxylation is 1. The number of phenols is 1. The molecule has 6 atom stereocenters. The number of primary amides is 1. The van der Waals surface area contributed by atoms with Crippen LogP contribution in [0, 0.1) is 17.8 Å². The minimum Gasteiger partial charge on any atom is -0.508 e. The number of rotatable bonds is 21. The van der Waals surface area contributed by atoms with Gasteiger partial charge in [-0.2, -0.15) is 0 Å². The van der Waals surface area contributed by atoms with Crippen molar-refractivity contribution in [1.82, 2.24) is 25.4 Å². The molecule has 14 heteroatoms. The first kappa shape index (κ1) is 44.4. The summed E-state index contributed by atoms with van der Waals surface area (Å²) in [6.07, 6.45) is 5.92. The molecule has 13 nitrogen and oxygen atoms in total. The molecule has 0 radical (unpaired) electrons. The molecule has 0 saturated carbocycles. The zero-order valence-electron chi connectivity index (χ0n) is 33.1. The third kappa shape index (κ3) is 13.4. The third-order valence-electron chi connectivity index (χ3n) is 10.4. The van der Waals surface area contributed by atoms with E-state index in [2.05, 4.69) is 15.6 Å². The molecule has 1 aliphatic rings. The number of ether oxygens (including phenoxy) is 1. The van der Waals surface area contributed by atoms with E-state index in [1.807, 2.05) is 46.6 Å². The topological polar surface area (TPSA) is 184 Å². The Bertz CT molecular complexity index is 1530. The van der Waals surface area contributed by atoms with Gasteiger partial charge in [-0.15, -0.1) is 11.3 Å². The van der Waals surface area contributed by atoms with Crippen LogP contribution >= 0.6 is 11.3 Å². The molecule has 5 N–H and O–H groups in total. The smallest absolute Gasteiger partial charge is 0.307 e. The van der Waals surface area contributed by atoms with Gasteiger partial charge < -0.3 is 31.1 Å². The molecule has 4 amide bonds. The molecule has 0 bridgehead atoms. The van der Waals surface area contributed by atoms with Gasteiger partial charge in [0.2, 0.25) is 17.7 Å². The number of benzene rings is 1. The fourth-order valence-electron chi connectivity index (χ4n) is 6.82. The average molecular weight is 771 g/mol. The summed E-state index contributed by atoms with van der Waals surface area (Å²) in [6.45, 7) is 12.2. The molecule has 1 saturated heterocycles. The van der Waals surface area contributed by atoms with Crippen LogP contribution < -0.4 is 16.4 Å². The van der Waals surface area contributed by atoms with Crippen LogP contribution in [0.25, 0.3) is 0 Å². The van der Waals surface area contributed by atoms with Crippen molar-refractivity contribution in [2.75, 3.05) is 20.3 Å². The monoisotopic (exact) mass is 770 g/mol. The van der Waals surface area contributed by atoms with Gasteiger partial charge in [0, 0.05) is 36.2 Å². The summed E-state index contributed by atoms with van der Waals surface area (Å²) in [7, 11) is 1.94. The van der Waals surface area contributed by atoms with Crippen molar-refractivity contribution in [3.8, 4) is 5.75 Å². The summed E-state index contributed by atoms with van der Waals surface area (Å²) in [4.78, 5) is 74.2. The van der Waals surface area contributed by atoms with Crippen LogP contribution in [0.4, 0.5) is 0 Å². The summed E-state index contributed by atoms with van der Waals surface area (Å²) < 4.78 is 5.65. The number of nitrogens with one attached hydrogen (secondary N) is 2. The van der Waals surface area contributed by atoms with E-state index in [-0.39, 0.29) is 66.2 Å². The molecule has 1 aromatic heterocycles. The summed E-state index contributed by atoms with van der Waals surface area (Å²) in [5, 5.41) is 18.2. The summed E-state index contributed by atoms with van der Waals surface area (Å²) in [5.74, 6) is -2.23. The maximum Gasteiger partial charge on any atom is 0.307 e. The molecular weight excluding hydrogens is 709 g/mol. The number of nitrogens with two attached hydrogens (primary N) is 1. The first-order valence-corrected chi connectivity index (χ1v) is 20.3. The Morgan fingerprint density at radius 3 is 2.39 bits per heavy atom. The Labute approximate surface area is 324 Å². The SMILES string of the molecule is CCCC(=O)OCN(C(=O)[C@@H](NC(=O)[C@H]1CCCCN1C)C(C)CC)C(CCc1nc(C(=O)N[C@@H](Cc2ccc(O)cc2)C[C@H](C)C(N)=O)cs1)C(C)C. The van der Waals surface area contributed by atoms with Gasteiger partial charge in [0.05, 0.1) is 11.0 Å². The number of hydrogen-bond acceptors (Lipinski definition) is 10. The highest BCUT2D eigenvalue weighted by atomic mass is 32.1. The lowest BCUT2D eigenvalue weighted by Crippen LogP contribution is -2.59. The summed E-state index contributed by atoms with van der Waals surface area (Å²) >= 11 is 1.34. The van der Waals surface area contributed by atoms with Crippen LogP contribution in [0.1, 0.15) is 114 Å². The van der Waals surface area contributed by atoms with Crippen LogP contribution in [0.5, 0.6) is 5.75 Å². The number of piperidine rings is 1. The Balaban J connectivity index is 1.80. The van der Waals surface area contributed by atoms with Crippen LogP contribution in [-0.4, -0.2) is 94.0 Å². The lowest BCUT2D eigenvalue weighted by molar-refractivity contribution is -0.159. The first-order chi connectivity index (χ1) is 25.6. The number of likely N-dealkylation sites (tertiary alicyclic amines) is 1. The third-order valence-corrected chi connectivity index (χ3v) is 11.3. The van der Waals surface area contributed by atoms with E-state index in [0.717, 1.165) is 31.4 Å². The maximum absolute atomic E-state index is 14.5. The number of phenolic OH excluding ortho intramolecular Hbond substituents is 1. The second kappa shape index (κ2) is 21.7. The molecule has 2 aromatic rings. The number of esters is 1. The van der Waals surface area contributed by atoms with Gasteiger partial charge in [-0.1, -0.05) is 66.5 Å². The number of nitrogens with zero attached hydrogens (tertiary/aromatic N) is 3. The Morgan fingerprint density at radius 2 is 1.78 bits per heavy atom. The molecule has 1 aromatic carbocycles. The van der Waals surface area contributed by atoms with Crippen molar-refractivity contribution < 1.29 is 33.8 Å². The molecule has 0 aliphatic carbocycles. The van der Waals surface area contributed by atoms with Crippen LogP contribution in [0.15, 0.2) is 29.6 Å². The summed E-state index contributed by atoms with van der Waals surface area (Å²) in [6, 6.07) is 4.80. The zero-order chi connectivity index (χ0) is 39.9. The Morgan fingerprint density at radius 1 is 1.07 bits per heavy atom. The Kier molecular flexibility index (Phi) is 17.9. The molecule has 300 valence electrons. The van der Waals surface area contributed by atoms with Crippen molar-refractivity contribution in [3.05, 3.63) is 45.9 Å². The second-order valence-corrected chi connectivity index (χ2v) is 16.1. The fourth-order valence-corrected chi connectivity index (χ4v) is 7.61. The molecule has 0 spiro atoms. The van der Waals surface area contributed by atoms with Crippen molar-refractivity contribution in [2.24, 2.45) is 23.5 Å². The van der Waals surface area contributed by atoms with Gasteiger partial charge in [-0.05, 0) is 81.6 Å². The van der Waals surface area contributed by atoms with Gasteiger partial charge in [0.25, 0.3) is 5.91 Å². The number of carbonyl (C=O) groups is 5. The van der Waals surface area contributed by atoms with Gasteiger partial charge in [0.15, 0.2) is 6.73 Å². The van der Waals surface area contributed by atoms with E-state index in [0.29, 0.717) is 43.5 Å². The van der Waals surface area contributed by atoms with Crippen molar-refractivity contribution >= 4 is 40.9 Å². The molecule has 2 unspecified atom stereocenters. The predicted molar refractivity (Wildman–Crippen MR) is 209 cm³/mol. The van der Waals surface area contributed by atoms with Crippen molar-refractivity contribution in [1.29, 1.82) is 0 Å². The van der Waals surface area contributed by atoms with E-state index >= 15 is 0 Å². The van der Waals surface area contributed by atoms with Crippen LogP contribution in [-0.2, 0) is 36.8 Å². The quantitative estimate of drug-likeness (QED) is 0.102. The highest BCUT2D eigenvalue weighted by molar-refractivity contribution is 7.09. The minimum absolute atomic E-state index is 0.0350. The number of amides is 4. The number of aromatic hydroxyl groups is 1. The van der Waals surface area contributed by atoms with E-state index in [4.69, 9.17) is 10.5 Å². The van der Waals surface area contributed by atoms with E-state index < -0.39 is 29.9 Å². The second-order valence-electron chi connectivity index (χ2n) is 15.1. The van der Waals surface area contributed by atoms with Gasteiger partial charge in [-0.3, -0.25) is 28.9 Å². The molecular formula is C40H62N6O7S. The van der Waals surface area contributed by atoms with Gasteiger partial charge in [0.1, 0.15) is 17.5 Å². The maximum atomic E-state index is 14.5. The first-order valence-electron chi connectivity index (χ1n) is 19.4. The summed E-state index contributed by atoms with van der Waals surface area (Å²) in [5.41, 5.74) is 6.66. The number of likely N-dealkylation sites (N-methyl/N-ethyl adjacent to an activating group) is 1. The average Bonchev–Trinajstić information content (AvgIpc) is 3.61. The highest BCUT2D eigenvalue weighted by Crippen LogP contribution is 2.24. The zero-order valence-corrected chi connectivity index (χ0v) is 34.0.